The van der Waals surface area contributed by atoms with Crippen LogP contribution >= 0.6 is 11.6 Å². The van der Waals surface area contributed by atoms with E-state index in [-0.39, 0.29) is 5.91 Å². The number of aromatic nitrogens is 1. The van der Waals surface area contributed by atoms with E-state index in [1.165, 1.54) is 19.3 Å². The highest BCUT2D eigenvalue weighted by molar-refractivity contribution is 6.31. The Morgan fingerprint density at radius 2 is 1.86 bits per heavy atom. The zero-order valence-corrected chi connectivity index (χ0v) is 21.4. The fraction of sp³-hybridized carbons (Fsp3) is 0.407. The minimum absolute atomic E-state index is 0.0274. The van der Waals surface area contributed by atoms with Gasteiger partial charge in [0, 0.05) is 53.3 Å². The summed E-state index contributed by atoms with van der Waals surface area (Å²) in [6.45, 7) is 4.99. The van der Waals surface area contributed by atoms with Crippen LogP contribution in [0.5, 0.6) is 0 Å². The zero-order chi connectivity index (χ0) is 24.6. The maximum Gasteiger partial charge on any atom is 0.238 e. The average Bonchev–Trinajstić information content (AvgIpc) is 2.82. The number of benzene rings is 2. The molecule has 2 aromatic carbocycles. The first kappa shape index (κ1) is 25.4. The third-order valence-corrected chi connectivity index (χ3v) is 6.38. The van der Waals surface area contributed by atoms with Gasteiger partial charge < -0.3 is 20.9 Å². The molecule has 0 atom stereocenters. The molecule has 7 nitrogen and oxygen atoms in total. The summed E-state index contributed by atoms with van der Waals surface area (Å²) in [4.78, 5) is 21.6. The normalized spacial score (nSPS) is 14.4. The molecule has 4 rings (SSSR count). The van der Waals surface area contributed by atoms with Crippen LogP contribution in [0.1, 0.15) is 24.8 Å². The largest absolute Gasteiger partial charge is 0.355 e. The van der Waals surface area contributed by atoms with E-state index in [1.54, 1.807) is 6.20 Å². The Bertz CT molecular complexity index is 1150. The van der Waals surface area contributed by atoms with Gasteiger partial charge in [-0.3, -0.25) is 14.7 Å². The standard InChI is InChI=1S/C27H35ClN6O/c1-33(2)13-10-29-18-20-14-22(31-25-8-9-30-26-16-21(28)6-7-24(25)26)17-23(15-20)32-27(35)19-34-11-4-3-5-12-34/h6-9,14-17,29H,3-5,10-13,18-19H2,1-2H3,(H,30,31)(H,32,35). The summed E-state index contributed by atoms with van der Waals surface area (Å²) in [5.41, 5.74) is 4.58. The number of nitrogens with one attached hydrogen (secondary N) is 3. The van der Waals surface area contributed by atoms with Crippen LogP contribution in [0.15, 0.2) is 48.7 Å². The van der Waals surface area contributed by atoms with Gasteiger partial charge in [0.2, 0.25) is 5.91 Å². The molecule has 8 heteroatoms. The zero-order valence-electron chi connectivity index (χ0n) is 20.6. The molecule has 1 saturated heterocycles. The second-order valence-electron chi connectivity index (χ2n) is 9.43. The van der Waals surface area contributed by atoms with Crippen LogP contribution in [-0.4, -0.2) is 67.5 Å². The Hall–Kier alpha value is -2.71. The number of hydrogen-bond donors (Lipinski definition) is 3. The van der Waals surface area contributed by atoms with Gasteiger partial charge in [0.15, 0.2) is 0 Å². The van der Waals surface area contributed by atoms with Gasteiger partial charge in [0.05, 0.1) is 12.1 Å². The maximum atomic E-state index is 12.8. The van der Waals surface area contributed by atoms with E-state index in [1.807, 2.05) is 36.4 Å². The smallest absolute Gasteiger partial charge is 0.238 e. The molecule has 3 N–H and O–H groups in total. The average molecular weight is 495 g/mol. The minimum atomic E-state index is 0.0274. The summed E-state index contributed by atoms with van der Waals surface area (Å²) in [7, 11) is 4.13. The molecule has 3 aromatic rings. The number of fused-ring (bicyclic) bond motifs is 1. The van der Waals surface area contributed by atoms with Crippen molar-refractivity contribution >= 4 is 45.5 Å². The SMILES string of the molecule is CN(C)CCNCc1cc(NC(=O)CN2CCCCC2)cc(Nc2ccnc3cc(Cl)ccc23)c1. The van der Waals surface area contributed by atoms with Crippen molar-refractivity contribution < 1.29 is 4.79 Å². The molecule has 186 valence electrons. The first-order valence-corrected chi connectivity index (χ1v) is 12.7. The molecule has 0 spiro atoms. The van der Waals surface area contributed by atoms with E-state index >= 15 is 0 Å². The molecular formula is C27H35ClN6O. The number of carbonyl (C=O) groups excluding carboxylic acids is 1. The number of amides is 1. The number of pyridine rings is 1. The van der Waals surface area contributed by atoms with Gasteiger partial charge in [0.1, 0.15) is 0 Å². The van der Waals surface area contributed by atoms with E-state index in [0.29, 0.717) is 18.1 Å². The van der Waals surface area contributed by atoms with Crippen molar-refractivity contribution in [1.82, 2.24) is 20.1 Å². The van der Waals surface area contributed by atoms with Crippen LogP contribution in [0.3, 0.4) is 0 Å². The molecule has 1 aliphatic heterocycles. The number of halogens is 1. The predicted molar refractivity (Wildman–Crippen MR) is 146 cm³/mol. The number of likely N-dealkylation sites (N-methyl/N-ethyl adjacent to an activating group) is 1. The molecule has 0 unspecified atom stereocenters. The van der Waals surface area contributed by atoms with Gasteiger partial charge in [0.25, 0.3) is 0 Å². The van der Waals surface area contributed by atoms with E-state index < -0.39 is 0 Å². The molecule has 0 bridgehead atoms. The number of piperidine rings is 1. The molecule has 1 amide bonds. The summed E-state index contributed by atoms with van der Waals surface area (Å²) >= 11 is 6.16. The van der Waals surface area contributed by atoms with Gasteiger partial charge in [-0.2, -0.15) is 0 Å². The first-order chi connectivity index (χ1) is 17.0. The Morgan fingerprint density at radius 3 is 2.66 bits per heavy atom. The molecular weight excluding hydrogens is 460 g/mol. The summed E-state index contributed by atoms with van der Waals surface area (Å²) in [6, 6.07) is 13.8. The molecule has 1 aliphatic rings. The van der Waals surface area contributed by atoms with E-state index in [0.717, 1.165) is 59.7 Å². The molecule has 0 aliphatic carbocycles. The highest BCUT2D eigenvalue weighted by Crippen LogP contribution is 2.29. The van der Waals surface area contributed by atoms with Gasteiger partial charge in [-0.1, -0.05) is 18.0 Å². The van der Waals surface area contributed by atoms with Crippen molar-refractivity contribution in [2.75, 3.05) is 57.5 Å². The van der Waals surface area contributed by atoms with Gasteiger partial charge in [-0.15, -0.1) is 0 Å². The third kappa shape index (κ3) is 7.64. The van der Waals surface area contributed by atoms with Gasteiger partial charge in [-0.25, -0.2) is 0 Å². The van der Waals surface area contributed by atoms with Crippen molar-refractivity contribution in [3.8, 4) is 0 Å². The summed E-state index contributed by atoms with van der Waals surface area (Å²) in [6.07, 6.45) is 5.36. The van der Waals surface area contributed by atoms with Crippen LogP contribution in [0.2, 0.25) is 5.02 Å². The summed E-state index contributed by atoms with van der Waals surface area (Å²) < 4.78 is 0. The lowest BCUT2D eigenvalue weighted by atomic mass is 10.1. The Morgan fingerprint density at radius 1 is 1.06 bits per heavy atom. The van der Waals surface area contributed by atoms with Crippen molar-refractivity contribution in [3.05, 3.63) is 59.2 Å². The summed E-state index contributed by atoms with van der Waals surface area (Å²) in [5.74, 6) is 0.0274. The third-order valence-electron chi connectivity index (χ3n) is 6.14. The fourth-order valence-corrected chi connectivity index (χ4v) is 4.55. The van der Waals surface area contributed by atoms with E-state index in [4.69, 9.17) is 11.6 Å². The molecule has 35 heavy (non-hydrogen) atoms. The molecule has 1 aromatic heterocycles. The second kappa shape index (κ2) is 12.3. The Kier molecular flexibility index (Phi) is 8.93. The lowest BCUT2D eigenvalue weighted by Crippen LogP contribution is -2.36. The maximum absolute atomic E-state index is 12.8. The van der Waals surface area contributed by atoms with E-state index in [2.05, 4.69) is 50.9 Å². The van der Waals surface area contributed by atoms with Crippen LogP contribution in [0, 0.1) is 0 Å². The lowest BCUT2D eigenvalue weighted by molar-refractivity contribution is -0.117. The van der Waals surface area contributed by atoms with Crippen molar-refractivity contribution in [3.63, 3.8) is 0 Å². The molecule has 0 saturated carbocycles. The monoisotopic (exact) mass is 494 g/mol. The fourth-order valence-electron chi connectivity index (χ4n) is 4.38. The number of likely N-dealkylation sites (tertiary alicyclic amines) is 1. The number of rotatable bonds is 10. The highest BCUT2D eigenvalue weighted by atomic mass is 35.5. The Labute approximate surface area is 212 Å². The summed E-state index contributed by atoms with van der Waals surface area (Å²) in [5, 5.41) is 11.8. The lowest BCUT2D eigenvalue weighted by Gasteiger charge is -2.25. The topological polar surface area (TPSA) is 72.5 Å². The van der Waals surface area contributed by atoms with Crippen LogP contribution in [-0.2, 0) is 11.3 Å². The minimum Gasteiger partial charge on any atom is -0.355 e. The molecule has 0 radical (unpaired) electrons. The Balaban J connectivity index is 1.53. The van der Waals surface area contributed by atoms with Crippen LogP contribution in [0.25, 0.3) is 10.9 Å². The van der Waals surface area contributed by atoms with E-state index in [9.17, 15) is 4.79 Å². The number of anilines is 3. The van der Waals surface area contributed by atoms with Gasteiger partial charge >= 0.3 is 0 Å². The quantitative estimate of drug-likeness (QED) is 0.355. The predicted octanol–water partition coefficient (Wildman–Crippen LogP) is 4.71. The number of hydrogen-bond acceptors (Lipinski definition) is 6. The number of carbonyl (C=O) groups is 1. The molecule has 2 heterocycles. The van der Waals surface area contributed by atoms with Crippen LogP contribution in [0.4, 0.5) is 17.1 Å². The van der Waals surface area contributed by atoms with Crippen molar-refractivity contribution in [1.29, 1.82) is 0 Å². The van der Waals surface area contributed by atoms with Crippen molar-refractivity contribution in [2.45, 2.75) is 25.8 Å². The number of nitrogens with zero attached hydrogens (tertiary/aromatic N) is 3. The molecule has 1 fully saturated rings. The van der Waals surface area contributed by atoms with Crippen LogP contribution < -0.4 is 16.0 Å². The van der Waals surface area contributed by atoms with Gasteiger partial charge in [-0.05, 0) is 88.1 Å². The first-order valence-electron chi connectivity index (χ1n) is 12.3. The van der Waals surface area contributed by atoms with Crippen molar-refractivity contribution in [2.24, 2.45) is 0 Å². The second-order valence-corrected chi connectivity index (χ2v) is 9.87. The highest BCUT2D eigenvalue weighted by Gasteiger charge is 2.14.